The summed E-state index contributed by atoms with van der Waals surface area (Å²) in [5, 5.41) is 16.8. The van der Waals surface area contributed by atoms with E-state index in [1.54, 1.807) is 17.1 Å². The highest BCUT2D eigenvalue weighted by molar-refractivity contribution is 7.59. The van der Waals surface area contributed by atoms with Crippen molar-refractivity contribution in [3.8, 4) is 22.6 Å². The summed E-state index contributed by atoms with van der Waals surface area (Å²) in [5.74, 6) is -0.401. The zero-order valence-corrected chi connectivity index (χ0v) is 22.6. The highest BCUT2D eigenvalue weighted by Gasteiger charge is 2.58. The molecule has 1 saturated carbocycles. The van der Waals surface area contributed by atoms with E-state index in [-0.39, 0.29) is 19.5 Å². The summed E-state index contributed by atoms with van der Waals surface area (Å²) in [4.78, 5) is 4.40. The maximum atomic E-state index is 14.8. The van der Waals surface area contributed by atoms with Gasteiger partial charge >= 0.3 is 0 Å². The molecule has 0 spiro atoms. The van der Waals surface area contributed by atoms with E-state index in [2.05, 4.69) is 37.1 Å². The Balaban J connectivity index is 0.00000280. The van der Waals surface area contributed by atoms with Gasteiger partial charge in [0.15, 0.2) is 5.82 Å². The lowest BCUT2D eigenvalue weighted by Crippen LogP contribution is -2.50. The number of nitrogens with zero attached hydrogens (tertiary/aromatic N) is 7. The third-order valence-corrected chi connectivity index (χ3v) is 8.07. The van der Waals surface area contributed by atoms with Crippen molar-refractivity contribution >= 4 is 36.7 Å². The molecule has 1 N–H and O–H groups in total. The van der Waals surface area contributed by atoms with Crippen LogP contribution >= 0.6 is 25.1 Å². The second-order valence-corrected chi connectivity index (χ2v) is 10.4. The molecule has 1 aliphatic heterocycles. The number of fused-ring (bicyclic) bond motifs is 3. The first-order valence-corrected chi connectivity index (χ1v) is 12.5. The normalized spacial score (nSPS) is 18.3. The van der Waals surface area contributed by atoms with Crippen LogP contribution in [0, 0.1) is 0 Å². The summed E-state index contributed by atoms with van der Waals surface area (Å²) < 4.78 is 35.4. The quantitative estimate of drug-likeness (QED) is 0.327. The van der Waals surface area contributed by atoms with E-state index < -0.39 is 11.3 Å². The minimum absolute atomic E-state index is 0. The van der Waals surface area contributed by atoms with E-state index in [0.29, 0.717) is 35.3 Å². The molecular weight excluding hydrogens is 518 g/mol. The van der Waals surface area contributed by atoms with E-state index in [4.69, 9.17) is 11.6 Å². The molecule has 1 aliphatic carbocycles. The van der Waals surface area contributed by atoms with Crippen molar-refractivity contribution < 1.29 is 8.78 Å². The third-order valence-electron chi connectivity index (χ3n) is 7.77. The van der Waals surface area contributed by atoms with Gasteiger partial charge in [-0.15, -0.1) is 10.2 Å². The first-order valence-electron chi connectivity index (χ1n) is 12.1. The molecule has 0 aromatic carbocycles. The summed E-state index contributed by atoms with van der Waals surface area (Å²) >= 11 is 6.57. The van der Waals surface area contributed by atoms with E-state index in [9.17, 15) is 8.78 Å². The molecule has 5 heterocycles. The van der Waals surface area contributed by atoms with Gasteiger partial charge in [0.25, 0.3) is 5.92 Å². The lowest BCUT2D eigenvalue weighted by atomic mass is 9.64. The molecule has 4 aromatic rings. The highest BCUT2D eigenvalue weighted by atomic mass is 35.5. The van der Waals surface area contributed by atoms with Crippen molar-refractivity contribution in [2.45, 2.75) is 63.5 Å². The molecule has 0 saturated heterocycles. The minimum Gasteiger partial charge on any atom is -0.344 e. The summed E-state index contributed by atoms with van der Waals surface area (Å²) in [6.45, 7) is 3.80. The van der Waals surface area contributed by atoms with Crippen LogP contribution < -0.4 is 5.32 Å². The summed E-state index contributed by atoms with van der Waals surface area (Å²) in [6.07, 6.45) is 7.76. The van der Waals surface area contributed by atoms with E-state index in [1.807, 2.05) is 36.0 Å². The number of hydrogen-bond acceptors (Lipinski definition) is 5. The largest absolute Gasteiger partial charge is 0.344 e. The van der Waals surface area contributed by atoms with Crippen molar-refractivity contribution in [1.29, 1.82) is 0 Å². The Morgan fingerprint density at radius 1 is 1.22 bits per heavy atom. The van der Waals surface area contributed by atoms with Gasteiger partial charge in [0.2, 0.25) is 0 Å². The van der Waals surface area contributed by atoms with Crippen LogP contribution in [0.1, 0.15) is 51.4 Å². The molecule has 6 rings (SSSR count). The minimum atomic E-state index is -2.87. The molecule has 0 radical (unpaired) electrons. The lowest BCUT2D eigenvalue weighted by Gasteiger charge is -2.45. The van der Waals surface area contributed by atoms with Gasteiger partial charge in [0, 0.05) is 56.1 Å². The van der Waals surface area contributed by atoms with Crippen LogP contribution in [0.25, 0.3) is 22.6 Å². The molecule has 0 unspecified atom stereocenters. The Bertz CT molecular complexity index is 1450. The van der Waals surface area contributed by atoms with E-state index in [0.717, 1.165) is 48.9 Å². The molecule has 8 nitrogen and oxygen atoms in total. The zero-order chi connectivity index (χ0) is 25.2. The van der Waals surface area contributed by atoms with Crippen LogP contribution in [0.15, 0.2) is 36.8 Å². The highest BCUT2D eigenvalue weighted by Crippen LogP contribution is 2.54. The summed E-state index contributed by atoms with van der Waals surface area (Å²) in [6, 6.07) is 5.77. The molecular formula is C25H29ClF2N8S. The van der Waals surface area contributed by atoms with Crippen molar-refractivity contribution in [1.82, 2.24) is 34.1 Å². The number of aryl methyl sites for hydroxylation is 2. The Kier molecular flexibility index (Phi) is 6.34. The predicted molar refractivity (Wildman–Crippen MR) is 144 cm³/mol. The molecule has 0 amide bonds. The maximum Gasteiger partial charge on any atom is 0.257 e. The van der Waals surface area contributed by atoms with Crippen LogP contribution in [-0.2, 0) is 19.0 Å². The van der Waals surface area contributed by atoms with Gasteiger partial charge in [-0.1, -0.05) is 18.0 Å². The molecule has 0 bridgehead atoms. The van der Waals surface area contributed by atoms with Crippen LogP contribution in [0.4, 0.5) is 20.4 Å². The number of pyridine rings is 1. The maximum absolute atomic E-state index is 14.8. The van der Waals surface area contributed by atoms with Crippen LogP contribution in [0.2, 0.25) is 5.02 Å². The average molecular weight is 547 g/mol. The fourth-order valence-electron chi connectivity index (χ4n) is 5.44. The Hall–Kier alpha value is -2.92. The van der Waals surface area contributed by atoms with Crippen LogP contribution in [-0.4, -0.2) is 40.0 Å². The number of anilines is 2. The lowest BCUT2D eigenvalue weighted by molar-refractivity contribution is -0.103. The molecule has 1 atom stereocenters. The monoisotopic (exact) mass is 546 g/mol. The van der Waals surface area contributed by atoms with E-state index in [1.165, 1.54) is 0 Å². The summed E-state index contributed by atoms with van der Waals surface area (Å²) in [5.41, 5.74) is 1.30. The first kappa shape index (κ1) is 25.7. The molecule has 2 aliphatic rings. The number of aromatic nitrogens is 7. The number of alkyl halides is 2. The fraction of sp³-hybridized carbons (Fsp3) is 0.440. The zero-order valence-electron chi connectivity index (χ0n) is 20.8. The van der Waals surface area contributed by atoms with E-state index >= 15 is 0 Å². The molecule has 37 heavy (non-hydrogen) atoms. The molecule has 4 aromatic heterocycles. The molecule has 196 valence electrons. The first-order chi connectivity index (χ1) is 17.2. The topological polar surface area (TPSA) is 78.4 Å². The Morgan fingerprint density at radius 2 is 2.00 bits per heavy atom. The standard InChI is InChI=1S/C25H27ClF2N8.H2S/c1-15-6-10-35-14-16(17-12-20(29-13-18(17)26)31-21-5-9-30-34(21)3)11-19(35)22-32-33-23(36(15)22)25(7-4-8-25)24(2,27)28;/h5,9,11-15H,4,6-8,10H2,1-3H3,(H,29,31);1H2/t15-;/m0./s1. The van der Waals surface area contributed by atoms with Gasteiger partial charge in [0.05, 0.1) is 22.3 Å². The fourth-order valence-corrected chi connectivity index (χ4v) is 5.65. The van der Waals surface area contributed by atoms with Crippen LogP contribution in [0.3, 0.4) is 0 Å². The second-order valence-electron chi connectivity index (χ2n) is 10.0. The SMILES string of the molecule is C[C@H]1CCn2cc(-c3cc(Nc4ccnn4C)ncc3Cl)cc2-c2nnc(C3(C(C)(F)F)CCC3)n21.S. The van der Waals surface area contributed by atoms with Gasteiger partial charge in [0.1, 0.15) is 17.5 Å². The smallest absolute Gasteiger partial charge is 0.257 e. The van der Waals surface area contributed by atoms with Crippen molar-refractivity contribution in [2.75, 3.05) is 5.32 Å². The van der Waals surface area contributed by atoms with Gasteiger partial charge in [-0.25, -0.2) is 13.8 Å². The third kappa shape index (κ3) is 4.03. The van der Waals surface area contributed by atoms with Crippen molar-refractivity contribution in [3.63, 3.8) is 0 Å². The Labute approximate surface area is 225 Å². The summed E-state index contributed by atoms with van der Waals surface area (Å²) in [7, 11) is 1.84. The number of nitrogens with one attached hydrogen (secondary N) is 1. The second kappa shape index (κ2) is 9.13. The predicted octanol–water partition coefficient (Wildman–Crippen LogP) is 6.09. The van der Waals surface area contributed by atoms with Gasteiger partial charge in [-0.3, -0.25) is 4.68 Å². The van der Waals surface area contributed by atoms with Gasteiger partial charge < -0.3 is 14.5 Å². The number of rotatable bonds is 5. The number of halogens is 3. The van der Waals surface area contributed by atoms with Gasteiger partial charge in [-0.2, -0.15) is 18.6 Å². The molecule has 1 fully saturated rings. The van der Waals surface area contributed by atoms with Crippen LogP contribution in [0.5, 0.6) is 0 Å². The average Bonchev–Trinajstić information content (AvgIpc) is 3.49. The molecule has 12 heteroatoms. The number of hydrogen-bond donors (Lipinski definition) is 1. The van der Waals surface area contributed by atoms with Crippen molar-refractivity contribution in [2.24, 2.45) is 7.05 Å². The van der Waals surface area contributed by atoms with Gasteiger partial charge in [-0.05, 0) is 38.3 Å². The Morgan fingerprint density at radius 3 is 2.65 bits per heavy atom. The van der Waals surface area contributed by atoms with Crippen molar-refractivity contribution in [3.05, 3.63) is 47.6 Å².